The molecule has 98 valence electrons. The molecule has 0 unspecified atom stereocenters. The Bertz CT molecular complexity index is 542. The van der Waals surface area contributed by atoms with Crippen molar-refractivity contribution < 1.29 is 4.79 Å². The molecule has 0 fully saturated rings. The lowest BCUT2D eigenvalue weighted by atomic mass is 10.2. The second kappa shape index (κ2) is 6.64. The molecule has 0 aliphatic rings. The van der Waals surface area contributed by atoms with Gasteiger partial charge in [0.15, 0.2) is 0 Å². The summed E-state index contributed by atoms with van der Waals surface area (Å²) >= 11 is 7.02. The maximum Gasteiger partial charge on any atom is 0.286 e. The predicted octanol–water partition coefficient (Wildman–Crippen LogP) is 4.68. The molecule has 19 heavy (non-hydrogen) atoms. The molecular formula is C15H14ClNOS. The summed E-state index contributed by atoms with van der Waals surface area (Å²) in [6.45, 7) is 0.611. The SMILES string of the molecule is CN(Cc1ccccc1)C(=O)Sc1ccc(Cl)cc1. The van der Waals surface area contributed by atoms with E-state index in [1.807, 2.05) is 42.5 Å². The number of halogens is 1. The molecule has 0 heterocycles. The number of thioether (sulfide) groups is 1. The van der Waals surface area contributed by atoms with Gasteiger partial charge in [0.25, 0.3) is 5.24 Å². The van der Waals surface area contributed by atoms with Gasteiger partial charge in [0.1, 0.15) is 0 Å². The third kappa shape index (κ3) is 4.30. The van der Waals surface area contributed by atoms with E-state index in [0.29, 0.717) is 11.6 Å². The van der Waals surface area contributed by atoms with Gasteiger partial charge < -0.3 is 4.90 Å². The van der Waals surface area contributed by atoms with Crippen molar-refractivity contribution in [2.24, 2.45) is 0 Å². The second-order valence-corrected chi connectivity index (χ2v) is 5.62. The van der Waals surface area contributed by atoms with Crippen molar-refractivity contribution in [3.8, 4) is 0 Å². The first-order valence-corrected chi connectivity index (χ1v) is 7.07. The van der Waals surface area contributed by atoms with Crippen molar-refractivity contribution in [2.45, 2.75) is 11.4 Å². The molecule has 2 aromatic rings. The third-order valence-corrected chi connectivity index (χ3v) is 3.84. The average Bonchev–Trinajstić information content (AvgIpc) is 2.42. The van der Waals surface area contributed by atoms with Gasteiger partial charge in [-0.15, -0.1) is 0 Å². The molecule has 0 saturated heterocycles. The highest BCUT2D eigenvalue weighted by atomic mass is 35.5. The van der Waals surface area contributed by atoms with Crippen molar-refractivity contribution in [2.75, 3.05) is 7.05 Å². The minimum Gasteiger partial charge on any atom is -0.332 e. The summed E-state index contributed by atoms with van der Waals surface area (Å²) in [6, 6.07) is 17.2. The highest BCUT2D eigenvalue weighted by molar-refractivity contribution is 8.13. The van der Waals surface area contributed by atoms with Gasteiger partial charge in [-0.2, -0.15) is 0 Å². The van der Waals surface area contributed by atoms with E-state index in [2.05, 4.69) is 0 Å². The van der Waals surface area contributed by atoms with Gasteiger partial charge in [-0.1, -0.05) is 41.9 Å². The number of benzene rings is 2. The smallest absolute Gasteiger partial charge is 0.286 e. The molecular weight excluding hydrogens is 278 g/mol. The first kappa shape index (κ1) is 14.0. The van der Waals surface area contributed by atoms with E-state index in [4.69, 9.17) is 11.6 Å². The number of carbonyl (C=O) groups excluding carboxylic acids is 1. The Labute approximate surface area is 122 Å². The molecule has 0 atom stereocenters. The second-order valence-electron chi connectivity index (χ2n) is 4.16. The first-order chi connectivity index (χ1) is 9.15. The zero-order valence-electron chi connectivity index (χ0n) is 10.5. The molecule has 2 nitrogen and oxygen atoms in total. The number of amides is 1. The van der Waals surface area contributed by atoms with Crippen molar-refractivity contribution in [1.82, 2.24) is 4.90 Å². The van der Waals surface area contributed by atoms with Crippen LogP contribution in [0, 0.1) is 0 Å². The monoisotopic (exact) mass is 291 g/mol. The summed E-state index contributed by atoms with van der Waals surface area (Å²) in [5.41, 5.74) is 1.12. The first-order valence-electron chi connectivity index (χ1n) is 5.87. The van der Waals surface area contributed by atoms with Crippen LogP contribution < -0.4 is 0 Å². The van der Waals surface area contributed by atoms with Crippen LogP contribution in [0.25, 0.3) is 0 Å². The topological polar surface area (TPSA) is 20.3 Å². The van der Waals surface area contributed by atoms with E-state index < -0.39 is 0 Å². The molecule has 2 aromatic carbocycles. The van der Waals surface area contributed by atoms with Crippen LogP contribution in [-0.4, -0.2) is 17.2 Å². The normalized spacial score (nSPS) is 10.2. The van der Waals surface area contributed by atoms with Gasteiger partial charge in [-0.3, -0.25) is 4.79 Å². The fourth-order valence-electron chi connectivity index (χ4n) is 1.60. The highest BCUT2D eigenvalue weighted by Crippen LogP contribution is 2.23. The zero-order chi connectivity index (χ0) is 13.7. The molecule has 0 aliphatic heterocycles. The fourth-order valence-corrected chi connectivity index (χ4v) is 2.42. The highest BCUT2D eigenvalue weighted by Gasteiger charge is 2.10. The Hall–Kier alpha value is -1.45. The summed E-state index contributed by atoms with van der Waals surface area (Å²) in [7, 11) is 1.80. The van der Waals surface area contributed by atoms with Crippen LogP contribution in [0.1, 0.15) is 5.56 Å². The molecule has 0 radical (unpaired) electrons. The van der Waals surface area contributed by atoms with E-state index in [1.165, 1.54) is 11.8 Å². The van der Waals surface area contributed by atoms with Gasteiger partial charge in [0.2, 0.25) is 0 Å². The van der Waals surface area contributed by atoms with Crippen molar-refractivity contribution in [1.29, 1.82) is 0 Å². The average molecular weight is 292 g/mol. The van der Waals surface area contributed by atoms with Gasteiger partial charge in [-0.05, 0) is 41.6 Å². The minimum atomic E-state index is 0.0196. The van der Waals surface area contributed by atoms with Crippen LogP contribution in [0.2, 0.25) is 5.02 Å². The van der Waals surface area contributed by atoms with Crippen LogP contribution in [0.3, 0.4) is 0 Å². The molecule has 0 saturated carbocycles. The maximum absolute atomic E-state index is 12.1. The molecule has 0 N–H and O–H groups in total. The van der Waals surface area contributed by atoms with Gasteiger partial charge in [0.05, 0.1) is 0 Å². The number of carbonyl (C=O) groups is 1. The molecule has 1 amide bonds. The largest absolute Gasteiger partial charge is 0.332 e. The molecule has 0 spiro atoms. The predicted molar refractivity (Wildman–Crippen MR) is 80.6 cm³/mol. The standard InChI is InChI=1S/C15H14ClNOS/c1-17(11-12-5-3-2-4-6-12)15(18)19-14-9-7-13(16)8-10-14/h2-10H,11H2,1H3. The molecule has 0 aromatic heterocycles. The summed E-state index contributed by atoms with van der Waals surface area (Å²) in [6.07, 6.45) is 0. The Morgan fingerprint density at radius 2 is 1.74 bits per heavy atom. The van der Waals surface area contributed by atoms with Crippen molar-refractivity contribution in [3.05, 3.63) is 65.2 Å². The summed E-state index contributed by atoms with van der Waals surface area (Å²) in [5, 5.41) is 0.695. The Kier molecular flexibility index (Phi) is 4.88. The van der Waals surface area contributed by atoms with E-state index in [0.717, 1.165) is 10.5 Å². The quantitative estimate of drug-likeness (QED) is 0.765. The van der Waals surface area contributed by atoms with Gasteiger partial charge >= 0.3 is 0 Å². The Balaban J connectivity index is 1.94. The molecule has 0 aliphatic carbocycles. The number of rotatable bonds is 3. The van der Waals surface area contributed by atoms with E-state index in [9.17, 15) is 4.79 Å². The zero-order valence-corrected chi connectivity index (χ0v) is 12.1. The fraction of sp³-hybridized carbons (Fsp3) is 0.133. The maximum atomic E-state index is 12.1. The van der Waals surface area contributed by atoms with Crippen LogP contribution in [0.5, 0.6) is 0 Å². The third-order valence-electron chi connectivity index (χ3n) is 2.59. The lowest BCUT2D eigenvalue weighted by Crippen LogP contribution is -2.21. The van der Waals surface area contributed by atoms with Gasteiger partial charge in [-0.25, -0.2) is 0 Å². The Morgan fingerprint density at radius 3 is 2.37 bits per heavy atom. The van der Waals surface area contributed by atoms with Crippen molar-refractivity contribution >= 4 is 28.6 Å². The van der Waals surface area contributed by atoms with Crippen LogP contribution in [0.4, 0.5) is 4.79 Å². The van der Waals surface area contributed by atoms with E-state index in [1.54, 1.807) is 24.1 Å². The molecule has 4 heteroatoms. The van der Waals surface area contributed by atoms with Gasteiger partial charge in [0, 0.05) is 23.5 Å². The number of hydrogen-bond donors (Lipinski definition) is 0. The molecule has 0 bridgehead atoms. The van der Waals surface area contributed by atoms with Crippen molar-refractivity contribution in [3.63, 3.8) is 0 Å². The lowest BCUT2D eigenvalue weighted by Gasteiger charge is -2.16. The van der Waals surface area contributed by atoms with Crippen LogP contribution >= 0.6 is 23.4 Å². The molecule has 2 rings (SSSR count). The number of hydrogen-bond acceptors (Lipinski definition) is 2. The minimum absolute atomic E-state index is 0.0196. The summed E-state index contributed by atoms with van der Waals surface area (Å²) in [5.74, 6) is 0. The summed E-state index contributed by atoms with van der Waals surface area (Å²) in [4.78, 5) is 14.7. The van der Waals surface area contributed by atoms with E-state index >= 15 is 0 Å². The van der Waals surface area contributed by atoms with Crippen LogP contribution in [0.15, 0.2) is 59.5 Å². The van der Waals surface area contributed by atoms with Crippen LogP contribution in [-0.2, 0) is 6.54 Å². The summed E-state index contributed by atoms with van der Waals surface area (Å²) < 4.78 is 0. The lowest BCUT2D eigenvalue weighted by molar-refractivity contribution is 0.232. The Morgan fingerprint density at radius 1 is 1.11 bits per heavy atom. The number of nitrogens with zero attached hydrogens (tertiary/aromatic N) is 1. The van der Waals surface area contributed by atoms with E-state index in [-0.39, 0.29) is 5.24 Å².